The Morgan fingerprint density at radius 3 is 2.38 bits per heavy atom. The molecule has 0 aliphatic heterocycles. The molecule has 1 atom stereocenters. The van der Waals surface area contributed by atoms with Gasteiger partial charge in [-0.25, -0.2) is 0 Å². The highest BCUT2D eigenvalue weighted by atomic mass is 16.5. The summed E-state index contributed by atoms with van der Waals surface area (Å²) in [6.07, 6.45) is -0.520. The van der Waals surface area contributed by atoms with Crippen molar-refractivity contribution in [2.24, 2.45) is 0 Å². The predicted molar refractivity (Wildman–Crippen MR) is 98.7 cm³/mol. The molecule has 0 saturated carbocycles. The lowest BCUT2D eigenvalue weighted by molar-refractivity contribution is -0.127. The van der Waals surface area contributed by atoms with Crippen LogP contribution in [0.25, 0.3) is 0 Å². The summed E-state index contributed by atoms with van der Waals surface area (Å²) < 4.78 is 5.75. The number of amides is 1. The summed E-state index contributed by atoms with van der Waals surface area (Å²) in [6, 6.07) is 16.1. The van der Waals surface area contributed by atoms with E-state index in [4.69, 9.17) is 4.74 Å². The number of hydrogen-bond acceptors (Lipinski definition) is 3. The monoisotopic (exact) mass is 326 g/mol. The van der Waals surface area contributed by atoms with E-state index in [1.54, 1.807) is 6.92 Å². The van der Waals surface area contributed by atoms with Gasteiger partial charge in [-0.15, -0.1) is 0 Å². The van der Waals surface area contributed by atoms with Gasteiger partial charge in [-0.1, -0.05) is 24.3 Å². The number of nitrogens with zero attached hydrogens (tertiary/aromatic N) is 1. The van der Waals surface area contributed by atoms with Crippen LogP contribution in [0.3, 0.4) is 0 Å². The molecular weight excluding hydrogens is 300 g/mol. The van der Waals surface area contributed by atoms with Crippen molar-refractivity contribution < 1.29 is 9.53 Å². The Kier molecular flexibility index (Phi) is 6.24. The molecule has 2 aromatic carbocycles. The van der Waals surface area contributed by atoms with Crippen LogP contribution in [0.2, 0.25) is 0 Å². The number of rotatable bonds is 7. The van der Waals surface area contributed by atoms with E-state index in [1.807, 2.05) is 63.4 Å². The molecule has 2 aromatic rings. The van der Waals surface area contributed by atoms with Crippen LogP contribution < -0.4 is 15.0 Å². The van der Waals surface area contributed by atoms with Crippen molar-refractivity contribution in [2.45, 2.75) is 26.9 Å². The van der Waals surface area contributed by atoms with Crippen LogP contribution in [0.15, 0.2) is 48.5 Å². The third-order valence-electron chi connectivity index (χ3n) is 3.82. The van der Waals surface area contributed by atoms with E-state index in [1.165, 1.54) is 0 Å². The SMILES string of the molecule is Cc1cc(C)cc(O[C@H](C)C(=O)NCCN(C)c2ccccc2)c1. The van der Waals surface area contributed by atoms with Crippen LogP contribution in [-0.4, -0.2) is 32.1 Å². The molecule has 0 bridgehead atoms. The largest absolute Gasteiger partial charge is 0.481 e. The number of hydrogen-bond donors (Lipinski definition) is 1. The van der Waals surface area contributed by atoms with Gasteiger partial charge in [-0.05, 0) is 56.2 Å². The summed E-state index contributed by atoms with van der Waals surface area (Å²) in [5.41, 5.74) is 3.38. The maximum Gasteiger partial charge on any atom is 0.260 e. The fourth-order valence-electron chi connectivity index (χ4n) is 2.56. The minimum atomic E-state index is -0.520. The lowest BCUT2D eigenvalue weighted by Crippen LogP contribution is -2.40. The summed E-state index contributed by atoms with van der Waals surface area (Å²) in [7, 11) is 2.01. The standard InChI is InChI=1S/C20H26N2O2/c1-15-12-16(2)14-19(13-15)24-17(3)20(23)21-10-11-22(4)18-8-6-5-7-9-18/h5-9,12-14,17H,10-11H2,1-4H3,(H,21,23)/t17-/m1/s1. The zero-order chi connectivity index (χ0) is 17.5. The first kappa shape index (κ1) is 17.9. The van der Waals surface area contributed by atoms with Gasteiger partial charge in [0.2, 0.25) is 0 Å². The number of likely N-dealkylation sites (N-methyl/N-ethyl adjacent to an activating group) is 1. The van der Waals surface area contributed by atoms with Gasteiger partial charge >= 0.3 is 0 Å². The van der Waals surface area contributed by atoms with Crippen molar-refractivity contribution in [2.75, 3.05) is 25.0 Å². The van der Waals surface area contributed by atoms with E-state index in [-0.39, 0.29) is 5.91 Å². The molecule has 4 heteroatoms. The number of para-hydroxylation sites is 1. The van der Waals surface area contributed by atoms with Crippen LogP contribution in [0.1, 0.15) is 18.1 Å². The highest BCUT2D eigenvalue weighted by molar-refractivity contribution is 5.80. The molecule has 0 radical (unpaired) electrons. The smallest absolute Gasteiger partial charge is 0.260 e. The number of aryl methyl sites for hydroxylation is 2. The molecule has 24 heavy (non-hydrogen) atoms. The molecule has 0 fully saturated rings. The Morgan fingerprint density at radius 1 is 1.12 bits per heavy atom. The van der Waals surface area contributed by atoms with E-state index >= 15 is 0 Å². The number of ether oxygens (including phenoxy) is 1. The fraction of sp³-hybridized carbons (Fsp3) is 0.350. The third kappa shape index (κ3) is 5.30. The average Bonchev–Trinajstić information content (AvgIpc) is 2.54. The molecule has 0 spiro atoms. The Balaban J connectivity index is 1.79. The van der Waals surface area contributed by atoms with Crippen molar-refractivity contribution >= 4 is 11.6 Å². The quantitative estimate of drug-likeness (QED) is 0.848. The van der Waals surface area contributed by atoms with Gasteiger partial charge in [0, 0.05) is 25.8 Å². The number of anilines is 1. The first-order valence-electron chi connectivity index (χ1n) is 8.24. The van der Waals surface area contributed by atoms with E-state index in [0.717, 1.165) is 29.1 Å². The van der Waals surface area contributed by atoms with Gasteiger partial charge in [-0.2, -0.15) is 0 Å². The van der Waals surface area contributed by atoms with Gasteiger partial charge in [0.15, 0.2) is 6.10 Å². The van der Waals surface area contributed by atoms with Gasteiger partial charge < -0.3 is 15.0 Å². The molecule has 0 aliphatic rings. The summed E-state index contributed by atoms with van der Waals surface area (Å²) in [6.45, 7) is 7.12. The molecule has 0 unspecified atom stereocenters. The first-order chi connectivity index (χ1) is 11.5. The molecule has 1 amide bonds. The van der Waals surface area contributed by atoms with Crippen LogP contribution in [-0.2, 0) is 4.79 Å². The highest BCUT2D eigenvalue weighted by Crippen LogP contribution is 2.17. The second-order valence-electron chi connectivity index (χ2n) is 6.13. The third-order valence-corrected chi connectivity index (χ3v) is 3.82. The summed E-state index contributed by atoms with van der Waals surface area (Å²) in [5.74, 6) is 0.632. The van der Waals surface area contributed by atoms with Crippen LogP contribution in [0, 0.1) is 13.8 Å². The highest BCUT2D eigenvalue weighted by Gasteiger charge is 2.14. The zero-order valence-electron chi connectivity index (χ0n) is 14.9. The first-order valence-corrected chi connectivity index (χ1v) is 8.24. The lowest BCUT2D eigenvalue weighted by Gasteiger charge is -2.20. The topological polar surface area (TPSA) is 41.6 Å². The number of nitrogens with one attached hydrogen (secondary N) is 1. The van der Waals surface area contributed by atoms with E-state index in [9.17, 15) is 4.79 Å². The molecule has 4 nitrogen and oxygen atoms in total. The molecule has 128 valence electrons. The van der Waals surface area contributed by atoms with Gasteiger partial charge in [0.05, 0.1) is 0 Å². The van der Waals surface area contributed by atoms with E-state index in [2.05, 4.69) is 16.3 Å². The van der Waals surface area contributed by atoms with E-state index in [0.29, 0.717) is 6.54 Å². The molecule has 0 heterocycles. The normalized spacial score (nSPS) is 11.7. The van der Waals surface area contributed by atoms with Gasteiger partial charge in [-0.3, -0.25) is 4.79 Å². The second-order valence-corrected chi connectivity index (χ2v) is 6.13. The number of carbonyl (C=O) groups excluding carboxylic acids is 1. The molecule has 1 N–H and O–H groups in total. The second kappa shape index (κ2) is 8.39. The minimum Gasteiger partial charge on any atom is -0.481 e. The molecule has 0 aliphatic carbocycles. The Morgan fingerprint density at radius 2 is 1.75 bits per heavy atom. The van der Waals surface area contributed by atoms with Gasteiger partial charge in [0.1, 0.15) is 5.75 Å². The van der Waals surface area contributed by atoms with Crippen molar-refractivity contribution in [3.8, 4) is 5.75 Å². The lowest BCUT2D eigenvalue weighted by atomic mass is 10.1. The fourth-order valence-corrected chi connectivity index (χ4v) is 2.56. The Bertz CT molecular complexity index is 650. The van der Waals surface area contributed by atoms with Crippen LogP contribution >= 0.6 is 0 Å². The number of carbonyl (C=O) groups is 1. The molecule has 2 rings (SSSR count). The zero-order valence-corrected chi connectivity index (χ0v) is 14.9. The van der Waals surface area contributed by atoms with Crippen LogP contribution in [0.5, 0.6) is 5.75 Å². The Hall–Kier alpha value is -2.49. The Labute approximate surface area is 144 Å². The van der Waals surface area contributed by atoms with Crippen molar-refractivity contribution in [1.82, 2.24) is 5.32 Å². The van der Waals surface area contributed by atoms with Crippen molar-refractivity contribution in [1.29, 1.82) is 0 Å². The predicted octanol–water partition coefficient (Wildman–Crippen LogP) is 3.32. The van der Waals surface area contributed by atoms with Crippen LogP contribution in [0.4, 0.5) is 5.69 Å². The molecule has 0 saturated heterocycles. The summed E-state index contributed by atoms with van der Waals surface area (Å²) in [5, 5.41) is 2.93. The minimum absolute atomic E-state index is 0.101. The molecule has 0 aromatic heterocycles. The maximum atomic E-state index is 12.2. The van der Waals surface area contributed by atoms with Gasteiger partial charge in [0.25, 0.3) is 5.91 Å². The van der Waals surface area contributed by atoms with Crippen molar-refractivity contribution in [3.63, 3.8) is 0 Å². The maximum absolute atomic E-state index is 12.2. The molecular formula is C20H26N2O2. The average molecular weight is 326 g/mol. The number of benzene rings is 2. The van der Waals surface area contributed by atoms with E-state index < -0.39 is 6.10 Å². The summed E-state index contributed by atoms with van der Waals surface area (Å²) in [4.78, 5) is 14.3. The summed E-state index contributed by atoms with van der Waals surface area (Å²) >= 11 is 0. The van der Waals surface area contributed by atoms with Crippen molar-refractivity contribution in [3.05, 3.63) is 59.7 Å².